The van der Waals surface area contributed by atoms with E-state index >= 15 is 0 Å². The summed E-state index contributed by atoms with van der Waals surface area (Å²) in [7, 11) is 0. The largest absolute Gasteiger partial charge is 0.284 e. The van der Waals surface area contributed by atoms with Crippen molar-refractivity contribution in [3.8, 4) is 0 Å². The minimum Gasteiger partial charge on any atom is -0.284 e. The average Bonchev–Trinajstić information content (AvgIpc) is 2.74. The Morgan fingerprint density at radius 1 is 1.27 bits per heavy atom. The third-order valence-corrected chi connectivity index (χ3v) is 2.01. The first-order valence-corrected chi connectivity index (χ1v) is 5.06. The Morgan fingerprint density at radius 2 is 1.93 bits per heavy atom. The summed E-state index contributed by atoms with van der Waals surface area (Å²) in [5.74, 6) is -0.0961. The van der Waals surface area contributed by atoms with Crippen LogP contribution in [0.1, 0.15) is 18.6 Å². The molecule has 0 saturated carbocycles. The Kier molecular flexibility index (Phi) is 3.86. The number of allylic oxidation sites excluding steroid dienone is 1. The van der Waals surface area contributed by atoms with Gasteiger partial charge < -0.3 is 0 Å². The second kappa shape index (κ2) is 5.15. The van der Waals surface area contributed by atoms with E-state index in [0.29, 0.717) is 0 Å². The van der Waals surface area contributed by atoms with Crippen molar-refractivity contribution in [2.75, 3.05) is 0 Å². The van der Waals surface area contributed by atoms with Gasteiger partial charge in [-0.2, -0.15) is 0 Å². The molecule has 1 heterocycles. The molecule has 0 aliphatic heterocycles. The number of hydrogen-bond acceptors (Lipinski definition) is 1. The van der Waals surface area contributed by atoms with E-state index in [9.17, 15) is 4.79 Å². The first-order chi connectivity index (χ1) is 7.33. The molecule has 0 N–H and O–H groups in total. The molecular weight excluding hydrogens is 186 g/mol. The molecule has 2 nitrogen and oxygen atoms in total. The molecule has 0 aliphatic rings. The maximum Gasteiger partial charge on any atom is 0.254 e. The highest BCUT2D eigenvalue weighted by Gasteiger charge is 2.03. The van der Waals surface area contributed by atoms with Crippen LogP contribution in [0.25, 0.3) is 10.9 Å². The van der Waals surface area contributed by atoms with Gasteiger partial charge in [-0.05, 0) is 18.2 Å². The summed E-state index contributed by atoms with van der Waals surface area (Å²) in [5.41, 5.74) is 0.924. The van der Waals surface area contributed by atoms with Crippen LogP contribution in [0.4, 0.5) is 0 Å². The molecule has 0 unspecified atom stereocenters. The molecule has 0 radical (unpaired) electrons. The van der Waals surface area contributed by atoms with Crippen molar-refractivity contribution < 1.29 is 4.79 Å². The number of hydrogen-bond donors (Lipinski definition) is 0. The van der Waals surface area contributed by atoms with Gasteiger partial charge in [0.05, 0.1) is 5.52 Å². The van der Waals surface area contributed by atoms with E-state index in [1.165, 1.54) is 6.08 Å². The SMILES string of the molecule is C=CC(=O)n1ccc2ccccc21.CC. The maximum atomic E-state index is 11.3. The van der Waals surface area contributed by atoms with Gasteiger partial charge in [0, 0.05) is 11.6 Å². The second-order valence-electron chi connectivity index (χ2n) is 2.79. The van der Waals surface area contributed by atoms with Crippen molar-refractivity contribution in [1.29, 1.82) is 0 Å². The molecular formula is C13H15NO. The number of fused-ring (bicyclic) bond motifs is 1. The first kappa shape index (κ1) is 11.2. The fourth-order valence-electron chi connectivity index (χ4n) is 1.37. The summed E-state index contributed by atoms with van der Waals surface area (Å²) in [6.07, 6.45) is 3.07. The molecule has 1 aromatic carbocycles. The molecule has 15 heavy (non-hydrogen) atoms. The van der Waals surface area contributed by atoms with Crippen LogP contribution >= 0.6 is 0 Å². The molecule has 2 heteroatoms. The molecule has 1 aromatic heterocycles. The monoisotopic (exact) mass is 201 g/mol. The number of carbonyl (C=O) groups excluding carboxylic acids is 1. The zero-order valence-electron chi connectivity index (χ0n) is 9.10. The van der Waals surface area contributed by atoms with Crippen LogP contribution in [0.15, 0.2) is 49.2 Å². The molecule has 0 amide bonds. The second-order valence-corrected chi connectivity index (χ2v) is 2.79. The molecule has 0 saturated heterocycles. The minimum absolute atomic E-state index is 0.0961. The fourth-order valence-corrected chi connectivity index (χ4v) is 1.37. The first-order valence-electron chi connectivity index (χ1n) is 5.06. The molecule has 78 valence electrons. The lowest BCUT2D eigenvalue weighted by molar-refractivity contribution is 0.0974. The van der Waals surface area contributed by atoms with Gasteiger partial charge in [-0.1, -0.05) is 38.6 Å². The minimum atomic E-state index is -0.0961. The third-order valence-electron chi connectivity index (χ3n) is 2.01. The molecule has 2 rings (SSSR count). The summed E-state index contributed by atoms with van der Waals surface area (Å²) >= 11 is 0. The van der Waals surface area contributed by atoms with E-state index in [1.54, 1.807) is 10.8 Å². The third kappa shape index (κ3) is 2.15. The summed E-state index contributed by atoms with van der Waals surface area (Å²) < 4.78 is 1.59. The van der Waals surface area contributed by atoms with Crippen LogP contribution in [0.3, 0.4) is 0 Å². The van der Waals surface area contributed by atoms with Crippen LogP contribution in [0.2, 0.25) is 0 Å². The van der Waals surface area contributed by atoms with Crippen molar-refractivity contribution in [3.63, 3.8) is 0 Å². The van der Waals surface area contributed by atoms with Crippen LogP contribution in [0, 0.1) is 0 Å². The number of nitrogens with zero attached hydrogens (tertiary/aromatic N) is 1. The number of rotatable bonds is 1. The molecule has 0 atom stereocenters. The normalized spacial score (nSPS) is 9.20. The summed E-state index contributed by atoms with van der Waals surface area (Å²) in [6.45, 7) is 7.45. The smallest absolute Gasteiger partial charge is 0.254 e. The molecule has 0 bridgehead atoms. The zero-order valence-corrected chi connectivity index (χ0v) is 9.10. The van der Waals surface area contributed by atoms with Gasteiger partial charge in [-0.15, -0.1) is 0 Å². The van der Waals surface area contributed by atoms with Crippen molar-refractivity contribution in [2.24, 2.45) is 0 Å². The lowest BCUT2D eigenvalue weighted by Gasteiger charge is -1.97. The number of benzene rings is 1. The lowest BCUT2D eigenvalue weighted by Crippen LogP contribution is -2.04. The topological polar surface area (TPSA) is 22.0 Å². The molecule has 0 aliphatic carbocycles. The van der Waals surface area contributed by atoms with Crippen molar-refractivity contribution in [3.05, 3.63) is 49.2 Å². The van der Waals surface area contributed by atoms with Crippen LogP contribution < -0.4 is 0 Å². The number of carbonyl (C=O) groups is 1. The highest BCUT2D eigenvalue weighted by molar-refractivity contribution is 5.97. The van der Waals surface area contributed by atoms with E-state index in [0.717, 1.165) is 10.9 Å². The average molecular weight is 201 g/mol. The maximum absolute atomic E-state index is 11.3. The quantitative estimate of drug-likeness (QED) is 0.647. The number of para-hydroxylation sites is 1. The van der Waals surface area contributed by atoms with Gasteiger partial charge in [0.1, 0.15) is 0 Å². The van der Waals surface area contributed by atoms with Gasteiger partial charge in [0.15, 0.2) is 0 Å². The van der Waals surface area contributed by atoms with E-state index in [-0.39, 0.29) is 5.91 Å². The predicted molar refractivity (Wildman–Crippen MR) is 64.1 cm³/mol. The van der Waals surface area contributed by atoms with Crippen molar-refractivity contribution in [2.45, 2.75) is 13.8 Å². The Hall–Kier alpha value is -1.83. The summed E-state index contributed by atoms with van der Waals surface area (Å²) in [5, 5.41) is 1.07. The van der Waals surface area contributed by atoms with Gasteiger partial charge in [-0.3, -0.25) is 9.36 Å². The molecule has 2 aromatic rings. The van der Waals surface area contributed by atoms with E-state index in [4.69, 9.17) is 0 Å². The van der Waals surface area contributed by atoms with Crippen molar-refractivity contribution >= 4 is 16.8 Å². The fraction of sp³-hybridized carbons (Fsp3) is 0.154. The van der Waals surface area contributed by atoms with Gasteiger partial charge in [0.2, 0.25) is 0 Å². The highest BCUT2D eigenvalue weighted by Crippen LogP contribution is 2.14. The zero-order chi connectivity index (χ0) is 11.3. The Labute approximate surface area is 89.8 Å². The van der Waals surface area contributed by atoms with Crippen LogP contribution in [-0.2, 0) is 0 Å². The van der Waals surface area contributed by atoms with Crippen LogP contribution in [0.5, 0.6) is 0 Å². The van der Waals surface area contributed by atoms with Gasteiger partial charge in [-0.25, -0.2) is 0 Å². The van der Waals surface area contributed by atoms with E-state index in [2.05, 4.69) is 6.58 Å². The van der Waals surface area contributed by atoms with Gasteiger partial charge >= 0.3 is 0 Å². The van der Waals surface area contributed by atoms with Crippen molar-refractivity contribution in [1.82, 2.24) is 4.57 Å². The molecule has 0 spiro atoms. The standard InChI is InChI=1S/C11H9NO.C2H6/c1-2-11(13)12-8-7-9-5-3-4-6-10(9)12;1-2/h2-8H,1H2;1-2H3. The summed E-state index contributed by atoms with van der Waals surface area (Å²) in [6, 6.07) is 9.66. The Bertz CT molecular complexity index is 468. The highest BCUT2D eigenvalue weighted by atomic mass is 16.1. The lowest BCUT2D eigenvalue weighted by atomic mass is 10.2. The summed E-state index contributed by atoms with van der Waals surface area (Å²) in [4.78, 5) is 11.3. The van der Waals surface area contributed by atoms with Gasteiger partial charge in [0.25, 0.3) is 5.91 Å². The van der Waals surface area contributed by atoms with E-state index < -0.39 is 0 Å². The number of aromatic nitrogens is 1. The Morgan fingerprint density at radius 3 is 2.60 bits per heavy atom. The predicted octanol–water partition coefficient (Wildman–Crippen LogP) is 3.49. The van der Waals surface area contributed by atoms with Crippen LogP contribution in [-0.4, -0.2) is 10.5 Å². The molecule has 0 fully saturated rings. The Balaban J connectivity index is 0.000000531. The van der Waals surface area contributed by atoms with E-state index in [1.807, 2.05) is 44.2 Å².